The number of carbonyl (C=O) groups is 2. The third-order valence-corrected chi connectivity index (χ3v) is 5.12. The van der Waals surface area contributed by atoms with E-state index < -0.39 is 16.8 Å². The summed E-state index contributed by atoms with van der Waals surface area (Å²) in [6.45, 7) is -0.557. The van der Waals surface area contributed by atoms with E-state index in [1.807, 2.05) is 0 Å². The van der Waals surface area contributed by atoms with Crippen LogP contribution in [0.3, 0.4) is 0 Å². The number of fused-ring (bicyclic) bond motifs is 2. The summed E-state index contributed by atoms with van der Waals surface area (Å²) in [6.07, 6.45) is 0. The van der Waals surface area contributed by atoms with Crippen molar-refractivity contribution in [3.63, 3.8) is 0 Å². The van der Waals surface area contributed by atoms with E-state index in [0.29, 0.717) is 21.8 Å². The van der Waals surface area contributed by atoms with Gasteiger partial charge in [0.15, 0.2) is 5.43 Å². The van der Waals surface area contributed by atoms with Crippen molar-refractivity contribution < 1.29 is 19.2 Å². The Kier molecular flexibility index (Phi) is 5.38. The number of primary amides is 1. The highest BCUT2D eigenvalue weighted by Gasteiger charge is 2.19. The molecule has 2 N–H and O–H groups in total. The van der Waals surface area contributed by atoms with E-state index in [1.54, 1.807) is 53.1 Å². The maximum atomic E-state index is 12.8. The van der Waals surface area contributed by atoms with Crippen LogP contribution in [0.4, 0.5) is 5.69 Å². The molecule has 9 heteroatoms. The largest absolute Gasteiger partial charge is 0.459 e. The summed E-state index contributed by atoms with van der Waals surface area (Å²) in [4.78, 5) is 47.4. The summed E-state index contributed by atoms with van der Waals surface area (Å²) in [5, 5.41) is 12.3. The monoisotopic (exact) mass is 431 g/mol. The van der Waals surface area contributed by atoms with Gasteiger partial charge in [0.25, 0.3) is 5.69 Å². The Balaban J connectivity index is 1.65. The van der Waals surface area contributed by atoms with E-state index in [9.17, 15) is 24.5 Å². The lowest BCUT2D eigenvalue weighted by Gasteiger charge is -2.14. The van der Waals surface area contributed by atoms with Gasteiger partial charge in [-0.25, -0.2) is 0 Å². The second kappa shape index (κ2) is 8.31. The molecule has 32 heavy (non-hydrogen) atoms. The molecule has 3 aromatic carbocycles. The first-order chi connectivity index (χ1) is 15.4. The van der Waals surface area contributed by atoms with E-state index in [-0.39, 0.29) is 35.4 Å². The molecule has 4 aromatic rings. The number of amides is 1. The molecular formula is C23H17N3O6. The average molecular weight is 431 g/mol. The van der Waals surface area contributed by atoms with Gasteiger partial charge in [0, 0.05) is 22.4 Å². The number of rotatable bonds is 6. The van der Waals surface area contributed by atoms with E-state index >= 15 is 0 Å². The lowest BCUT2D eigenvalue weighted by molar-refractivity contribution is -0.385. The fraction of sp³-hybridized carbons (Fsp3) is 0.0870. The van der Waals surface area contributed by atoms with Crippen molar-refractivity contribution in [2.45, 2.75) is 13.2 Å². The number of pyridine rings is 1. The molecule has 0 atom stereocenters. The van der Waals surface area contributed by atoms with Gasteiger partial charge >= 0.3 is 5.97 Å². The molecule has 160 valence electrons. The second-order valence-corrected chi connectivity index (χ2v) is 7.08. The van der Waals surface area contributed by atoms with Crippen molar-refractivity contribution in [1.82, 2.24) is 4.57 Å². The Bertz CT molecular complexity index is 1400. The molecule has 1 amide bonds. The van der Waals surface area contributed by atoms with Crippen LogP contribution in [0.15, 0.2) is 71.5 Å². The van der Waals surface area contributed by atoms with Crippen LogP contribution in [-0.4, -0.2) is 21.4 Å². The Morgan fingerprint density at radius 1 is 0.969 bits per heavy atom. The molecule has 0 aliphatic carbocycles. The van der Waals surface area contributed by atoms with Crippen molar-refractivity contribution >= 4 is 39.4 Å². The molecule has 1 heterocycles. The normalized spacial score (nSPS) is 10.9. The number of nitro benzene ring substituents is 1. The van der Waals surface area contributed by atoms with E-state index in [1.165, 1.54) is 12.1 Å². The van der Waals surface area contributed by atoms with Gasteiger partial charge in [-0.15, -0.1) is 0 Å². The van der Waals surface area contributed by atoms with Gasteiger partial charge < -0.3 is 15.0 Å². The van der Waals surface area contributed by atoms with Crippen molar-refractivity contribution in [2.75, 3.05) is 0 Å². The van der Waals surface area contributed by atoms with Gasteiger partial charge in [-0.05, 0) is 36.4 Å². The smallest absolute Gasteiger partial charge is 0.326 e. The predicted molar refractivity (Wildman–Crippen MR) is 117 cm³/mol. The predicted octanol–water partition coefficient (Wildman–Crippen LogP) is 2.91. The molecule has 4 rings (SSSR count). The fourth-order valence-electron chi connectivity index (χ4n) is 3.59. The third-order valence-electron chi connectivity index (χ3n) is 5.12. The summed E-state index contributed by atoms with van der Waals surface area (Å²) in [5.41, 5.74) is 5.93. The first kappa shape index (κ1) is 20.7. The van der Waals surface area contributed by atoms with E-state index in [2.05, 4.69) is 0 Å². The molecule has 0 saturated carbocycles. The van der Waals surface area contributed by atoms with Crippen LogP contribution in [-0.2, 0) is 22.7 Å². The number of nitrogens with zero attached hydrogens (tertiary/aromatic N) is 2. The number of hydrogen-bond donors (Lipinski definition) is 1. The minimum Gasteiger partial charge on any atom is -0.459 e. The first-order valence-electron chi connectivity index (χ1n) is 9.60. The van der Waals surface area contributed by atoms with Crippen LogP contribution in [0.25, 0.3) is 21.8 Å². The summed E-state index contributed by atoms with van der Waals surface area (Å²) >= 11 is 0. The maximum Gasteiger partial charge on any atom is 0.326 e. The zero-order chi connectivity index (χ0) is 22.8. The average Bonchev–Trinajstić information content (AvgIpc) is 2.80. The molecule has 0 fully saturated rings. The van der Waals surface area contributed by atoms with Crippen LogP contribution in [0.2, 0.25) is 0 Å². The van der Waals surface area contributed by atoms with Crippen molar-refractivity contribution in [3.05, 3.63) is 98.2 Å². The second-order valence-electron chi connectivity index (χ2n) is 7.08. The van der Waals surface area contributed by atoms with E-state index in [4.69, 9.17) is 10.5 Å². The van der Waals surface area contributed by atoms with Crippen molar-refractivity contribution in [1.29, 1.82) is 0 Å². The topological polar surface area (TPSA) is 135 Å². The van der Waals surface area contributed by atoms with Crippen LogP contribution in [0.5, 0.6) is 0 Å². The van der Waals surface area contributed by atoms with Gasteiger partial charge in [-0.1, -0.05) is 24.3 Å². The molecule has 0 spiro atoms. The molecular weight excluding hydrogens is 414 g/mol. The molecule has 0 unspecified atom stereocenters. The Morgan fingerprint density at radius 2 is 1.56 bits per heavy atom. The molecule has 0 aliphatic rings. The molecule has 0 bridgehead atoms. The lowest BCUT2D eigenvalue weighted by atomic mass is 10.1. The molecule has 0 aliphatic heterocycles. The number of aromatic nitrogens is 1. The highest BCUT2D eigenvalue weighted by molar-refractivity contribution is 5.95. The summed E-state index contributed by atoms with van der Waals surface area (Å²) in [7, 11) is 0. The molecule has 0 saturated heterocycles. The number of nitro groups is 1. The summed E-state index contributed by atoms with van der Waals surface area (Å²) < 4.78 is 6.97. The van der Waals surface area contributed by atoms with Crippen LogP contribution in [0, 0.1) is 10.1 Å². The highest BCUT2D eigenvalue weighted by atomic mass is 16.6. The van der Waals surface area contributed by atoms with Crippen molar-refractivity contribution in [2.24, 2.45) is 5.73 Å². The molecule has 0 radical (unpaired) electrons. The quantitative estimate of drug-likeness (QED) is 0.216. The fourth-order valence-corrected chi connectivity index (χ4v) is 3.59. The number of benzene rings is 3. The van der Waals surface area contributed by atoms with Crippen LogP contribution in [0.1, 0.15) is 15.9 Å². The number of ether oxygens (including phenoxy) is 1. The van der Waals surface area contributed by atoms with Crippen LogP contribution >= 0.6 is 0 Å². The number of para-hydroxylation sites is 2. The minimum atomic E-state index is -0.798. The van der Waals surface area contributed by atoms with Gasteiger partial charge in [-0.3, -0.25) is 24.5 Å². The SMILES string of the molecule is NC(=O)c1ccc(COC(=O)Cn2c3ccccc3c(=O)c3ccccc32)c([N+](=O)[O-])c1. The Morgan fingerprint density at radius 3 is 2.12 bits per heavy atom. The van der Waals surface area contributed by atoms with Gasteiger partial charge in [0.1, 0.15) is 13.2 Å². The zero-order valence-electron chi connectivity index (χ0n) is 16.7. The minimum absolute atomic E-state index is 0.0158. The highest BCUT2D eigenvalue weighted by Crippen LogP contribution is 2.22. The maximum absolute atomic E-state index is 12.8. The van der Waals surface area contributed by atoms with Crippen LogP contribution < -0.4 is 11.2 Å². The number of carbonyl (C=O) groups excluding carboxylic acids is 2. The standard InChI is InChI=1S/C23H17N3O6/c24-23(29)14-9-10-15(20(11-14)26(30)31)13-32-21(27)12-25-18-7-3-1-5-16(18)22(28)17-6-2-4-8-19(17)25/h1-11H,12-13H2,(H2,24,29). The molecule has 9 nitrogen and oxygen atoms in total. The van der Waals surface area contributed by atoms with Gasteiger partial charge in [-0.2, -0.15) is 0 Å². The lowest BCUT2D eigenvalue weighted by Crippen LogP contribution is -2.18. The first-order valence-corrected chi connectivity index (χ1v) is 9.60. The van der Waals surface area contributed by atoms with E-state index in [0.717, 1.165) is 6.07 Å². The van der Waals surface area contributed by atoms with Gasteiger partial charge in [0.2, 0.25) is 5.91 Å². The third kappa shape index (κ3) is 3.79. The summed E-state index contributed by atoms with van der Waals surface area (Å²) in [6, 6.07) is 17.6. The number of hydrogen-bond acceptors (Lipinski definition) is 6. The molecule has 1 aromatic heterocycles. The Hall–Kier alpha value is -4.53. The summed E-state index contributed by atoms with van der Waals surface area (Å²) in [5.74, 6) is -1.44. The Labute approximate surface area is 180 Å². The number of nitrogens with two attached hydrogens (primary N) is 1. The van der Waals surface area contributed by atoms with Gasteiger partial charge in [0.05, 0.1) is 21.5 Å². The number of esters is 1. The zero-order valence-corrected chi connectivity index (χ0v) is 16.7. The van der Waals surface area contributed by atoms with Crippen molar-refractivity contribution in [3.8, 4) is 0 Å².